The average Bonchev–Trinajstić information content (AvgIpc) is 2.62. The lowest BCUT2D eigenvalue weighted by atomic mass is 9.74. The van der Waals surface area contributed by atoms with Gasteiger partial charge in [-0.15, -0.1) is 24.8 Å². The molecular formula is C20H33Cl2N3O2. The Kier molecular flexibility index (Phi) is 9.19. The highest BCUT2D eigenvalue weighted by atomic mass is 35.5. The van der Waals surface area contributed by atoms with Crippen LogP contribution in [0.4, 0.5) is 5.69 Å². The fourth-order valence-corrected chi connectivity index (χ4v) is 4.25. The monoisotopic (exact) mass is 417 g/mol. The second-order valence-electron chi connectivity index (χ2n) is 7.75. The van der Waals surface area contributed by atoms with Gasteiger partial charge in [0.25, 0.3) is 0 Å². The number of carbonyl (C=O) groups excluding carboxylic acids is 1. The van der Waals surface area contributed by atoms with E-state index in [1.54, 1.807) is 7.11 Å². The van der Waals surface area contributed by atoms with Gasteiger partial charge in [-0.25, -0.2) is 0 Å². The second kappa shape index (κ2) is 10.4. The zero-order valence-electron chi connectivity index (χ0n) is 16.3. The van der Waals surface area contributed by atoms with E-state index in [-0.39, 0.29) is 48.2 Å². The van der Waals surface area contributed by atoms with Crippen molar-refractivity contribution < 1.29 is 9.53 Å². The zero-order valence-corrected chi connectivity index (χ0v) is 17.9. The number of carbonyl (C=O) groups is 1. The van der Waals surface area contributed by atoms with E-state index in [0.717, 1.165) is 63.1 Å². The second-order valence-corrected chi connectivity index (χ2v) is 7.75. The van der Waals surface area contributed by atoms with Gasteiger partial charge < -0.3 is 20.7 Å². The third-order valence-corrected chi connectivity index (χ3v) is 5.84. The molecule has 1 aliphatic carbocycles. The number of amides is 1. The first-order valence-electron chi connectivity index (χ1n) is 9.48. The van der Waals surface area contributed by atoms with Gasteiger partial charge in [0.05, 0.1) is 18.7 Å². The predicted molar refractivity (Wildman–Crippen MR) is 115 cm³/mol. The van der Waals surface area contributed by atoms with Crippen LogP contribution in [0.15, 0.2) is 24.3 Å². The number of para-hydroxylation sites is 2. The van der Waals surface area contributed by atoms with E-state index in [1.165, 1.54) is 0 Å². The number of anilines is 1. The first-order chi connectivity index (χ1) is 12.0. The lowest BCUT2D eigenvalue weighted by molar-refractivity contribution is -0.129. The smallest absolute Gasteiger partial charge is 0.225 e. The number of hydrogen-bond donors (Lipinski definition) is 2. The number of rotatable bonds is 4. The molecule has 2 unspecified atom stereocenters. The van der Waals surface area contributed by atoms with Crippen LogP contribution < -0.4 is 20.7 Å². The Labute approximate surface area is 175 Å². The highest BCUT2D eigenvalue weighted by Gasteiger charge is 2.38. The third kappa shape index (κ3) is 5.66. The zero-order chi connectivity index (χ0) is 17.9. The van der Waals surface area contributed by atoms with Gasteiger partial charge in [-0.2, -0.15) is 0 Å². The van der Waals surface area contributed by atoms with E-state index in [4.69, 9.17) is 10.5 Å². The molecule has 2 fully saturated rings. The summed E-state index contributed by atoms with van der Waals surface area (Å²) in [7, 11) is 1.71. The van der Waals surface area contributed by atoms with Crippen LogP contribution >= 0.6 is 24.8 Å². The quantitative estimate of drug-likeness (QED) is 0.785. The largest absolute Gasteiger partial charge is 0.495 e. The minimum Gasteiger partial charge on any atom is -0.495 e. The van der Waals surface area contributed by atoms with Gasteiger partial charge in [-0.1, -0.05) is 25.0 Å². The van der Waals surface area contributed by atoms with Crippen LogP contribution in [0.5, 0.6) is 5.75 Å². The SMILES string of the molecule is COc1ccccc1N1CCC(NC(=O)C2CCCCC2(C)N)CC1.Cl.Cl. The molecule has 27 heavy (non-hydrogen) atoms. The molecule has 3 N–H and O–H groups in total. The van der Waals surface area contributed by atoms with Crippen LogP contribution in [0.3, 0.4) is 0 Å². The summed E-state index contributed by atoms with van der Waals surface area (Å²) in [6.07, 6.45) is 6.01. The van der Waals surface area contributed by atoms with Gasteiger partial charge >= 0.3 is 0 Å². The maximum Gasteiger partial charge on any atom is 0.225 e. The molecular weight excluding hydrogens is 385 g/mol. The van der Waals surface area contributed by atoms with E-state index < -0.39 is 0 Å². The number of methoxy groups -OCH3 is 1. The van der Waals surface area contributed by atoms with Gasteiger partial charge in [0, 0.05) is 24.7 Å². The number of nitrogens with zero attached hydrogens (tertiary/aromatic N) is 1. The molecule has 1 aromatic rings. The summed E-state index contributed by atoms with van der Waals surface area (Å²) in [5.74, 6) is 1.01. The normalized spacial score (nSPS) is 25.7. The van der Waals surface area contributed by atoms with Gasteiger partial charge in [0.2, 0.25) is 5.91 Å². The summed E-state index contributed by atoms with van der Waals surface area (Å²) in [4.78, 5) is 15.1. The summed E-state index contributed by atoms with van der Waals surface area (Å²) in [5.41, 5.74) is 7.15. The van der Waals surface area contributed by atoms with Gasteiger partial charge in [-0.05, 0) is 44.7 Å². The van der Waals surface area contributed by atoms with E-state index in [1.807, 2.05) is 25.1 Å². The first kappa shape index (κ1) is 23.9. The lowest BCUT2D eigenvalue weighted by Crippen LogP contribution is -2.55. The van der Waals surface area contributed by atoms with E-state index >= 15 is 0 Å². The number of halogens is 2. The van der Waals surface area contributed by atoms with Crippen molar-refractivity contribution in [1.29, 1.82) is 0 Å². The minimum absolute atomic E-state index is 0. The summed E-state index contributed by atoms with van der Waals surface area (Å²) < 4.78 is 5.47. The van der Waals surface area contributed by atoms with E-state index in [9.17, 15) is 4.79 Å². The van der Waals surface area contributed by atoms with E-state index in [0.29, 0.717) is 0 Å². The topological polar surface area (TPSA) is 67.6 Å². The molecule has 1 aromatic carbocycles. The molecule has 1 amide bonds. The molecule has 1 saturated carbocycles. The van der Waals surface area contributed by atoms with Crippen molar-refractivity contribution in [2.75, 3.05) is 25.1 Å². The summed E-state index contributed by atoms with van der Waals surface area (Å²) in [6, 6.07) is 8.37. The molecule has 5 nitrogen and oxygen atoms in total. The fourth-order valence-electron chi connectivity index (χ4n) is 4.25. The minimum atomic E-state index is -0.361. The van der Waals surface area contributed by atoms with Crippen molar-refractivity contribution in [3.8, 4) is 5.75 Å². The molecule has 0 spiro atoms. The molecule has 7 heteroatoms. The Morgan fingerprint density at radius 1 is 1.19 bits per heavy atom. The molecule has 1 heterocycles. The third-order valence-electron chi connectivity index (χ3n) is 5.84. The van der Waals surface area contributed by atoms with Crippen molar-refractivity contribution in [3.05, 3.63) is 24.3 Å². The molecule has 0 radical (unpaired) electrons. The average molecular weight is 418 g/mol. The summed E-state index contributed by atoms with van der Waals surface area (Å²) in [6.45, 7) is 3.88. The number of hydrogen-bond acceptors (Lipinski definition) is 4. The Morgan fingerprint density at radius 3 is 2.48 bits per heavy atom. The number of ether oxygens (including phenoxy) is 1. The van der Waals surface area contributed by atoms with Crippen LogP contribution in [-0.2, 0) is 4.79 Å². The number of nitrogens with one attached hydrogen (secondary N) is 1. The molecule has 1 aliphatic heterocycles. The fraction of sp³-hybridized carbons (Fsp3) is 0.650. The maximum absolute atomic E-state index is 12.7. The highest BCUT2D eigenvalue weighted by Crippen LogP contribution is 2.33. The number of nitrogens with two attached hydrogens (primary N) is 1. The van der Waals surface area contributed by atoms with Crippen LogP contribution in [-0.4, -0.2) is 37.7 Å². The Balaban J connectivity index is 0.00000182. The Morgan fingerprint density at radius 2 is 1.85 bits per heavy atom. The molecule has 154 valence electrons. The van der Waals surface area contributed by atoms with Crippen molar-refractivity contribution in [1.82, 2.24) is 5.32 Å². The Bertz CT molecular complexity index is 605. The van der Waals surface area contributed by atoms with Gasteiger partial charge in [-0.3, -0.25) is 4.79 Å². The summed E-state index contributed by atoms with van der Waals surface area (Å²) in [5, 5.41) is 3.27. The number of benzene rings is 1. The van der Waals surface area contributed by atoms with Crippen molar-refractivity contribution in [3.63, 3.8) is 0 Å². The molecule has 2 atom stereocenters. The molecule has 3 rings (SSSR count). The van der Waals surface area contributed by atoms with Crippen LogP contribution in [0.25, 0.3) is 0 Å². The van der Waals surface area contributed by atoms with Crippen LogP contribution in [0.1, 0.15) is 45.4 Å². The van der Waals surface area contributed by atoms with Crippen LogP contribution in [0, 0.1) is 5.92 Å². The van der Waals surface area contributed by atoms with Crippen LogP contribution in [0.2, 0.25) is 0 Å². The molecule has 1 saturated heterocycles. The summed E-state index contributed by atoms with van der Waals surface area (Å²) >= 11 is 0. The maximum atomic E-state index is 12.7. The molecule has 2 aliphatic rings. The van der Waals surface area contributed by atoms with Crippen molar-refractivity contribution in [2.45, 2.75) is 57.0 Å². The Hall–Kier alpha value is -1.17. The number of piperidine rings is 1. The predicted octanol–water partition coefficient (Wildman–Crippen LogP) is 3.53. The van der Waals surface area contributed by atoms with E-state index in [2.05, 4.69) is 16.3 Å². The lowest BCUT2D eigenvalue weighted by Gasteiger charge is -2.39. The van der Waals surface area contributed by atoms with Gasteiger partial charge in [0.1, 0.15) is 5.75 Å². The molecule has 0 bridgehead atoms. The van der Waals surface area contributed by atoms with Crippen molar-refractivity contribution in [2.24, 2.45) is 11.7 Å². The highest BCUT2D eigenvalue weighted by molar-refractivity contribution is 5.85. The molecule has 0 aromatic heterocycles. The van der Waals surface area contributed by atoms with Crippen molar-refractivity contribution >= 4 is 36.4 Å². The first-order valence-corrected chi connectivity index (χ1v) is 9.48. The van der Waals surface area contributed by atoms with Gasteiger partial charge in [0.15, 0.2) is 0 Å². The standard InChI is InChI=1S/C20H31N3O2.2ClH/c1-20(21)12-6-5-7-16(20)19(24)22-15-10-13-23(14-11-15)17-8-3-4-9-18(17)25-2;;/h3-4,8-9,15-16H,5-7,10-14,21H2,1-2H3,(H,22,24);2*1H.